The number of nitrogens with one attached hydrogen (secondary N) is 1. The maximum atomic E-state index is 12.7. The number of carbonyl (C=O) groups excluding carboxylic acids is 1. The van der Waals surface area contributed by atoms with Crippen molar-refractivity contribution in [2.75, 3.05) is 26.2 Å². The number of nitrogens with zero attached hydrogens (tertiary/aromatic N) is 1. The standard InChI is InChI=1S/C17H27ClN2O4S/c1-5-20(12-17(21)19-10-9-13(3)4)25(22,23)14-7-8-16(24-6-2)15(18)11-14/h7-8,11,13H,5-6,9-10,12H2,1-4H3,(H,19,21). The van der Waals surface area contributed by atoms with Gasteiger partial charge in [-0.3, -0.25) is 4.79 Å². The van der Waals surface area contributed by atoms with E-state index in [0.29, 0.717) is 24.8 Å². The lowest BCUT2D eigenvalue weighted by Gasteiger charge is -2.20. The van der Waals surface area contributed by atoms with Crippen LogP contribution in [0.1, 0.15) is 34.1 Å². The smallest absolute Gasteiger partial charge is 0.243 e. The van der Waals surface area contributed by atoms with Crippen molar-refractivity contribution in [3.05, 3.63) is 23.2 Å². The summed E-state index contributed by atoms with van der Waals surface area (Å²) >= 11 is 6.08. The fourth-order valence-corrected chi connectivity index (χ4v) is 3.88. The predicted molar refractivity (Wildman–Crippen MR) is 99.5 cm³/mol. The molecule has 0 saturated carbocycles. The van der Waals surface area contributed by atoms with Crippen LogP contribution in [0.4, 0.5) is 0 Å². The Labute approximate surface area is 155 Å². The molecule has 0 aliphatic heterocycles. The Kier molecular flexibility index (Phi) is 8.68. The topological polar surface area (TPSA) is 75.7 Å². The van der Waals surface area contributed by atoms with Gasteiger partial charge in [0, 0.05) is 13.1 Å². The van der Waals surface area contributed by atoms with Gasteiger partial charge in [0.1, 0.15) is 5.75 Å². The second-order valence-corrected chi connectivity index (χ2v) is 8.33. The van der Waals surface area contributed by atoms with Crippen LogP contribution < -0.4 is 10.1 Å². The van der Waals surface area contributed by atoms with Crippen molar-refractivity contribution in [2.24, 2.45) is 5.92 Å². The number of sulfonamides is 1. The van der Waals surface area contributed by atoms with Crippen LogP contribution in [0.3, 0.4) is 0 Å². The number of likely N-dealkylation sites (N-methyl/N-ethyl adjacent to an activating group) is 1. The molecule has 6 nitrogen and oxygen atoms in total. The molecular formula is C17H27ClN2O4S. The number of carbonyl (C=O) groups is 1. The van der Waals surface area contributed by atoms with Crippen molar-refractivity contribution >= 4 is 27.5 Å². The first-order valence-electron chi connectivity index (χ1n) is 8.41. The number of benzene rings is 1. The zero-order chi connectivity index (χ0) is 19.0. The van der Waals surface area contributed by atoms with E-state index >= 15 is 0 Å². The summed E-state index contributed by atoms with van der Waals surface area (Å²) in [5.74, 6) is 0.581. The highest BCUT2D eigenvalue weighted by atomic mass is 35.5. The maximum Gasteiger partial charge on any atom is 0.243 e. The summed E-state index contributed by atoms with van der Waals surface area (Å²) in [6, 6.07) is 4.31. The molecule has 0 unspecified atom stereocenters. The van der Waals surface area contributed by atoms with Gasteiger partial charge in [-0.05, 0) is 37.5 Å². The first kappa shape index (κ1) is 21.7. The molecule has 142 valence electrons. The summed E-state index contributed by atoms with van der Waals surface area (Å²) in [6.07, 6.45) is 0.846. The fourth-order valence-electron chi connectivity index (χ4n) is 2.15. The van der Waals surface area contributed by atoms with Gasteiger partial charge in [0.2, 0.25) is 15.9 Å². The zero-order valence-electron chi connectivity index (χ0n) is 15.2. The molecule has 0 spiro atoms. The monoisotopic (exact) mass is 390 g/mol. The average molecular weight is 391 g/mol. The molecule has 0 aromatic heterocycles. The van der Waals surface area contributed by atoms with Gasteiger partial charge in [0.05, 0.1) is 23.1 Å². The van der Waals surface area contributed by atoms with Crippen LogP contribution >= 0.6 is 11.6 Å². The molecule has 0 heterocycles. The largest absolute Gasteiger partial charge is 0.492 e. The van der Waals surface area contributed by atoms with Gasteiger partial charge in [-0.25, -0.2) is 8.42 Å². The highest BCUT2D eigenvalue weighted by Gasteiger charge is 2.26. The summed E-state index contributed by atoms with van der Waals surface area (Å²) in [7, 11) is -3.81. The second-order valence-electron chi connectivity index (χ2n) is 5.99. The summed E-state index contributed by atoms with van der Waals surface area (Å²) in [4.78, 5) is 12.1. The van der Waals surface area contributed by atoms with E-state index in [-0.39, 0.29) is 28.9 Å². The Morgan fingerprint density at radius 3 is 2.52 bits per heavy atom. The molecule has 0 fully saturated rings. The Morgan fingerprint density at radius 1 is 1.32 bits per heavy atom. The van der Waals surface area contributed by atoms with Crippen LogP contribution in [0, 0.1) is 5.92 Å². The lowest BCUT2D eigenvalue weighted by atomic mass is 10.1. The van der Waals surface area contributed by atoms with E-state index in [2.05, 4.69) is 19.2 Å². The molecule has 1 amide bonds. The molecule has 1 N–H and O–H groups in total. The first-order valence-corrected chi connectivity index (χ1v) is 10.2. The van der Waals surface area contributed by atoms with Gasteiger partial charge >= 0.3 is 0 Å². The van der Waals surface area contributed by atoms with Crippen molar-refractivity contribution in [3.8, 4) is 5.75 Å². The molecule has 1 aromatic carbocycles. The summed E-state index contributed by atoms with van der Waals surface area (Å²) < 4.78 is 31.9. The number of ether oxygens (including phenoxy) is 1. The van der Waals surface area contributed by atoms with E-state index < -0.39 is 10.0 Å². The Bertz CT molecular complexity index is 677. The van der Waals surface area contributed by atoms with Crippen LogP contribution in [0.2, 0.25) is 5.02 Å². The molecule has 0 bridgehead atoms. The third-order valence-corrected chi connectivity index (χ3v) is 5.77. The van der Waals surface area contributed by atoms with Gasteiger partial charge in [0.15, 0.2) is 0 Å². The molecule has 0 atom stereocenters. The lowest BCUT2D eigenvalue weighted by Crippen LogP contribution is -2.41. The molecule has 25 heavy (non-hydrogen) atoms. The van der Waals surface area contributed by atoms with Crippen molar-refractivity contribution < 1.29 is 17.9 Å². The molecule has 0 aliphatic rings. The third kappa shape index (κ3) is 6.49. The first-order chi connectivity index (χ1) is 11.7. The minimum Gasteiger partial charge on any atom is -0.492 e. The number of rotatable bonds is 10. The molecule has 0 radical (unpaired) electrons. The minimum atomic E-state index is -3.81. The van der Waals surface area contributed by atoms with Crippen molar-refractivity contribution in [2.45, 2.75) is 39.0 Å². The van der Waals surface area contributed by atoms with Crippen LogP contribution in [-0.2, 0) is 14.8 Å². The normalized spacial score (nSPS) is 11.8. The second kappa shape index (κ2) is 9.99. The van der Waals surface area contributed by atoms with Gasteiger partial charge < -0.3 is 10.1 Å². The summed E-state index contributed by atoms with van der Waals surface area (Å²) in [5, 5.41) is 2.97. The average Bonchev–Trinajstić information content (AvgIpc) is 2.54. The molecule has 1 aromatic rings. The Hall–Kier alpha value is -1.31. The van der Waals surface area contributed by atoms with E-state index in [0.717, 1.165) is 10.7 Å². The Balaban J connectivity index is 2.86. The highest BCUT2D eigenvalue weighted by Crippen LogP contribution is 2.28. The SMILES string of the molecule is CCOc1ccc(S(=O)(=O)N(CC)CC(=O)NCCC(C)C)cc1Cl. The molecule has 0 aliphatic carbocycles. The highest BCUT2D eigenvalue weighted by molar-refractivity contribution is 7.89. The van der Waals surface area contributed by atoms with Crippen molar-refractivity contribution in [1.29, 1.82) is 0 Å². The van der Waals surface area contributed by atoms with E-state index in [1.807, 2.05) is 6.92 Å². The van der Waals surface area contributed by atoms with E-state index in [9.17, 15) is 13.2 Å². The quantitative estimate of drug-likeness (QED) is 0.666. The molecule has 1 rings (SSSR count). The summed E-state index contributed by atoms with van der Waals surface area (Å²) in [5.41, 5.74) is 0. The minimum absolute atomic E-state index is 0.0396. The maximum absolute atomic E-state index is 12.7. The Morgan fingerprint density at radius 2 is 2.00 bits per heavy atom. The predicted octanol–water partition coefficient (Wildman–Crippen LogP) is 2.91. The molecule has 0 saturated heterocycles. The number of hydrogen-bond donors (Lipinski definition) is 1. The third-order valence-electron chi connectivity index (χ3n) is 3.56. The molecule has 8 heteroatoms. The van der Waals surface area contributed by atoms with Crippen LogP contribution in [0.15, 0.2) is 23.1 Å². The molecular weight excluding hydrogens is 364 g/mol. The van der Waals surface area contributed by atoms with Crippen LogP contribution in [-0.4, -0.2) is 44.9 Å². The number of halogens is 1. The van der Waals surface area contributed by atoms with Crippen LogP contribution in [0.5, 0.6) is 5.75 Å². The van der Waals surface area contributed by atoms with Gasteiger partial charge in [0.25, 0.3) is 0 Å². The van der Waals surface area contributed by atoms with Crippen LogP contribution in [0.25, 0.3) is 0 Å². The van der Waals surface area contributed by atoms with E-state index in [1.165, 1.54) is 18.2 Å². The summed E-state index contributed by atoms with van der Waals surface area (Å²) in [6.45, 7) is 8.56. The van der Waals surface area contributed by atoms with E-state index in [4.69, 9.17) is 16.3 Å². The van der Waals surface area contributed by atoms with Gasteiger partial charge in [-0.1, -0.05) is 32.4 Å². The number of amides is 1. The number of hydrogen-bond acceptors (Lipinski definition) is 4. The zero-order valence-corrected chi connectivity index (χ0v) is 16.8. The van der Waals surface area contributed by atoms with Gasteiger partial charge in [-0.15, -0.1) is 0 Å². The van der Waals surface area contributed by atoms with E-state index in [1.54, 1.807) is 6.92 Å². The lowest BCUT2D eigenvalue weighted by molar-refractivity contribution is -0.121. The van der Waals surface area contributed by atoms with Gasteiger partial charge in [-0.2, -0.15) is 4.31 Å². The van der Waals surface area contributed by atoms with Crippen molar-refractivity contribution in [1.82, 2.24) is 9.62 Å². The fraction of sp³-hybridized carbons (Fsp3) is 0.588. The van der Waals surface area contributed by atoms with Crippen molar-refractivity contribution in [3.63, 3.8) is 0 Å².